The van der Waals surface area contributed by atoms with Crippen LogP contribution in [0.25, 0.3) is 11.3 Å². The van der Waals surface area contributed by atoms with Crippen molar-refractivity contribution in [1.29, 1.82) is 0 Å². The van der Waals surface area contributed by atoms with Gasteiger partial charge in [-0.1, -0.05) is 6.07 Å². The Balaban J connectivity index is 1.66. The van der Waals surface area contributed by atoms with Crippen LogP contribution < -0.4 is 15.0 Å². The number of amides is 1. The van der Waals surface area contributed by atoms with E-state index in [2.05, 4.69) is 20.3 Å². The van der Waals surface area contributed by atoms with Gasteiger partial charge in [-0.2, -0.15) is 4.98 Å². The van der Waals surface area contributed by atoms with Gasteiger partial charge in [-0.3, -0.25) is 14.8 Å². The molecule has 0 radical (unpaired) electrons. The van der Waals surface area contributed by atoms with Gasteiger partial charge in [-0.25, -0.2) is 0 Å². The molecule has 3 aromatic rings. The van der Waals surface area contributed by atoms with Gasteiger partial charge in [0.15, 0.2) is 5.82 Å². The predicted molar refractivity (Wildman–Crippen MR) is 108 cm³/mol. The summed E-state index contributed by atoms with van der Waals surface area (Å²) < 4.78 is 5.84. The number of pyridine rings is 1. The molecule has 0 saturated heterocycles. The third-order valence-electron chi connectivity index (χ3n) is 4.07. The first-order valence-corrected chi connectivity index (χ1v) is 9.01. The highest BCUT2D eigenvalue weighted by atomic mass is 16.5. The number of nitrogens with zero attached hydrogens (tertiary/aromatic N) is 4. The highest BCUT2D eigenvalue weighted by Gasteiger charge is 2.07. The van der Waals surface area contributed by atoms with E-state index < -0.39 is 0 Å². The van der Waals surface area contributed by atoms with Crippen LogP contribution in [0.5, 0.6) is 11.6 Å². The number of ether oxygens (including phenoxy) is 1. The lowest BCUT2D eigenvalue weighted by atomic mass is 10.1. The van der Waals surface area contributed by atoms with E-state index in [1.54, 1.807) is 12.4 Å². The Hall–Kier alpha value is -3.48. The van der Waals surface area contributed by atoms with Crippen molar-refractivity contribution in [2.45, 2.75) is 13.8 Å². The minimum absolute atomic E-state index is 0.0547. The van der Waals surface area contributed by atoms with E-state index in [-0.39, 0.29) is 5.91 Å². The summed E-state index contributed by atoms with van der Waals surface area (Å²) >= 11 is 0. The molecule has 7 nitrogen and oxygen atoms in total. The van der Waals surface area contributed by atoms with E-state index in [1.165, 1.54) is 6.92 Å². The topological polar surface area (TPSA) is 80.2 Å². The summed E-state index contributed by atoms with van der Waals surface area (Å²) in [4.78, 5) is 26.1. The van der Waals surface area contributed by atoms with Crippen molar-refractivity contribution >= 4 is 11.7 Å². The molecule has 3 rings (SSSR count). The van der Waals surface area contributed by atoms with Crippen LogP contribution in [0.15, 0.2) is 54.9 Å². The molecule has 28 heavy (non-hydrogen) atoms. The summed E-state index contributed by atoms with van der Waals surface area (Å²) in [6.45, 7) is 4.62. The molecule has 0 atom stereocenters. The average Bonchev–Trinajstić information content (AvgIpc) is 2.68. The van der Waals surface area contributed by atoms with Crippen molar-refractivity contribution in [2.75, 3.05) is 25.0 Å². The summed E-state index contributed by atoms with van der Waals surface area (Å²) in [5, 5.41) is 2.76. The van der Waals surface area contributed by atoms with Gasteiger partial charge in [-0.05, 0) is 43.3 Å². The van der Waals surface area contributed by atoms with Crippen LogP contribution in [-0.2, 0) is 4.79 Å². The Morgan fingerprint density at radius 1 is 1.11 bits per heavy atom. The monoisotopic (exact) mass is 377 g/mol. The molecule has 0 aliphatic heterocycles. The molecule has 1 aromatic carbocycles. The van der Waals surface area contributed by atoms with Gasteiger partial charge in [0.05, 0.1) is 18.1 Å². The Labute approximate surface area is 164 Å². The van der Waals surface area contributed by atoms with Crippen molar-refractivity contribution in [1.82, 2.24) is 20.3 Å². The maximum atomic E-state index is 11.0. The summed E-state index contributed by atoms with van der Waals surface area (Å²) in [5.41, 5.74) is 2.93. The Bertz CT molecular complexity index is 944. The molecule has 0 aliphatic carbocycles. The van der Waals surface area contributed by atoms with Crippen LogP contribution >= 0.6 is 0 Å². The molecule has 7 heteroatoms. The molecule has 0 unspecified atom stereocenters. The fourth-order valence-corrected chi connectivity index (χ4v) is 2.60. The zero-order valence-electron chi connectivity index (χ0n) is 16.2. The molecule has 0 aliphatic rings. The second-order valence-electron chi connectivity index (χ2n) is 6.41. The molecule has 0 spiro atoms. The van der Waals surface area contributed by atoms with Crippen LogP contribution in [0, 0.1) is 6.92 Å². The van der Waals surface area contributed by atoms with Gasteiger partial charge in [0.1, 0.15) is 5.75 Å². The zero-order valence-corrected chi connectivity index (χ0v) is 16.2. The van der Waals surface area contributed by atoms with Crippen molar-refractivity contribution < 1.29 is 9.53 Å². The summed E-state index contributed by atoms with van der Waals surface area (Å²) in [6, 6.07) is 13.6. The van der Waals surface area contributed by atoms with Gasteiger partial charge in [-0.15, -0.1) is 0 Å². The molecule has 144 valence electrons. The van der Waals surface area contributed by atoms with Gasteiger partial charge in [0.25, 0.3) is 0 Å². The number of carbonyl (C=O) groups excluding carboxylic acids is 1. The Morgan fingerprint density at radius 3 is 2.61 bits per heavy atom. The number of benzene rings is 1. The molecular weight excluding hydrogens is 354 g/mol. The fraction of sp³-hybridized carbons (Fsp3) is 0.238. The second-order valence-corrected chi connectivity index (χ2v) is 6.41. The predicted octanol–water partition coefficient (Wildman–Crippen LogP) is 3.21. The lowest BCUT2D eigenvalue weighted by molar-refractivity contribution is -0.118. The highest BCUT2D eigenvalue weighted by Crippen LogP contribution is 2.24. The molecular formula is C21H23N5O2. The number of rotatable bonds is 7. The molecule has 0 saturated carbocycles. The van der Waals surface area contributed by atoms with Gasteiger partial charge < -0.3 is 15.0 Å². The van der Waals surface area contributed by atoms with Crippen LogP contribution in [-0.4, -0.2) is 41.0 Å². The summed E-state index contributed by atoms with van der Waals surface area (Å²) in [5.74, 6) is 1.69. The van der Waals surface area contributed by atoms with E-state index in [0.29, 0.717) is 30.5 Å². The number of likely N-dealkylation sites (N-methyl/N-ethyl adjacent to an activating group) is 1. The number of carbonyl (C=O) groups is 1. The smallest absolute Gasteiger partial charge is 0.239 e. The quantitative estimate of drug-likeness (QED) is 0.681. The maximum Gasteiger partial charge on any atom is 0.239 e. The first-order chi connectivity index (χ1) is 13.5. The van der Waals surface area contributed by atoms with E-state index in [1.807, 2.05) is 61.3 Å². The molecule has 0 fully saturated rings. The van der Waals surface area contributed by atoms with Crippen molar-refractivity contribution in [3.05, 3.63) is 60.6 Å². The lowest BCUT2D eigenvalue weighted by Gasteiger charge is -2.18. The standard InChI is InChI=1S/C21H23N5O2/c1-15-5-4-6-19(24-15)17-7-9-18(10-8-17)28-21-14-22-13-20(25-21)26(3)12-11-23-16(2)27/h4-10,13-14H,11-12H2,1-3H3,(H,23,27). The molecule has 0 bridgehead atoms. The molecule has 1 amide bonds. The van der Waals surface area contributed by atoms with Crippen LogP contribution in [0.2, 0.25) is 0 Å². The minimum atomic E-state index is -0.0547. The number of nitrogens with one attached hydrogen (secondary N) is 1. The molecule has 1 N–H and O–H groups in total. The lowest BCUT2D eigenvalue weighted by Crippen LogP contribution is -2.32. The van der Waals surface area contributed by atoms with Crippen molar-refractivity contribution in [3.63, 3.8) is 0 Å². The van der Waals surface area contributed by atoms with E-state index in [9.17, 15) is 4.79 Å². The number of hydrogen-bond acceptors (Lipinski definition) is 6. The third-order valence-corrected chi connectivity index (χ3v) is 4.07. The number of hydrogen-bond donors (Lipinski definition) is 1. The number of aromatic nitrogens is 3. The number of aryl methyl sites for hydroxylation is 1. The largest absolute Gasteiger partial charge is 0.437 e. The van der Waals surface area contributed by atoms with Crippen molar-refractivity contribution in [3.8, 4) is 22.9 Å². The summed E-state index contributed by atoms with van der Waals surface area (Å²) in [6.07, 6.45) is 3.23. The normalized spacial score (nSPS) is 10.4. The van der Waals surface area contributed by atoms with Crippen LogP contribution in [0.1, 0.15) is 12.6 Å². The van der Waals surface area contributed by atoms with Crippen molar-refractivity contribution in [2.24, 2.45) is 0 Å². The van der Waals surface area contributed by atoms with Gasteiger partial charge >= 0.3 is 0 Å². The summed E-state index contributed by atoms with van der Waals surface area (Å²) in [7, 11) is 1.89. The van der Waals surface area contributed by atoms with Gasteiger partial charge in [0, 0.05) is 38.3 Å². The SMILES string of the molecule is CC(=O)NCCN(C)c1cncc(Oc2ccc(-c3cccc(C)n3)cc2)n1. The average molecular weight is 377 g/mol. The Kier molecular flexibility index (Phi) is 6.16. The fourth-order valence-electron chi connectivity index (χ4n) is 2.60. The molecule has 2 aromatic heterocycles. The maximum absolute atomic E-state index is 11.0. The molecule has 2 heterocycles. The number of anilines is 1. The second kappa shape index (κ2) is 8.94. The van der Waals surface area contributed by atoms with E-state index >= 15 is 0 Å². The first kappa shape index (κ1) is 19.3. The van der Waals surface area contributed by atoms with E-state index in [4.69, 9.17) is 4.74 Å². The highest BCUT2D eigenvalue weighted by molar-refractivity contribution is 5.72. The van der Waals surface area contributed by atoms with E-state index in [0.717, 1.165) is 17.0 Å². The van der Waals surface area contributed by atoms with Crippen LogP contribution in [0.4, 0.5) is 5.82 Å². The van der Waals surface area contributed by atoms with Gasteiger partial charge in [0.2, 0.25) is 11.8 Å². The minimum Gasteiger partial charge on any atom is -0.437 e. The first-order valence-electron chi connectivity index (χ1n) is 9.01. The third kappa shape index (κ3) is 5.26. The Morgan fingerprint density at radius 2 is 1.89 bits per heavy atom. The zero-order chi connectivity index (χ0) is 19.9. The van der Waals surface area contributed by atoms with Crippen LogP contribution in [0.3, 0.4) is 0 Å².